The lowest BCUT2D eigenvalue weighted by Gasteiger charge is -2.26. The molecule has 4 aromatic carbocycles. The Morgan fingerprint density at radius 2 is 1.17 bits per heavy atom. The van der Waals surface area contributed by atoms with Gasteiger partial charge in [0, 0.05) is 36.3 Å². The maximum absolute atomic E-state index is 13.3. The number of piperidine rings is 2. The van der Waals surface area contributed by atoms with Crippen molar-refractivity contribution in [2.24, 2.45) is 0 Å². The standard InChI is InChI=1S/C23H20Cl2N4O3.C23H19F3N4O4/c1-12-3-8-20(22(31)27-12)29-13(2)28-19-7-4-14(9-16(19)23(29)32)11-26-21(30)15-5-6-17(24)18(25)10-15;1-12-28-17-7-2-13(11-27-20(32)14-3-5-15(6-4-14)23(24,25)26)10-16(17)22(34)30(12)18-8-9-19(31)29-21(18)33/h4-7,9-10,20H,1,3,8,11H2,2H3,(H,26,30)(H,27,31);2-7,10,18H,8-9,11H2,1H3,(H,27,32)(H,29,31,33). The summed E-state index contributed by atoms with van der Waals surface area (Å²) in [4.78, 5) is 96.3. The van der Waals surface area contributed by atoms with Crippen molar-refractivity contribution in [3.05, 3.63) is 161 Å². The Balaban J connectivity index is 0.000000197. The van der Waals surface area contributed by atoms with Crippen LogP contribution in [0.25, 0.3) is 21.8 Å². The molecular weight excluding hydrogens is 904 g/mol. The zero-order chi connectivity index (χ0) is 47.6. The summed E-state index contributed by atoms with van der Waals surface area (Å²) in [7, 11) is 0. The van der Waals surface area contributed by atoms with Crippen LogP contribution >= 0.6 is 23.2 Å². The van der Waals surface area contributed by atoms with E-state index in [1.54, 1.807) is 62.4 Å². The molecule has 6 aromatic rings. The summed E-state index contributed by atoms with van der Waals surface area (Å²) in [6.07, 6.45) is -3.12. The van der Waals surface area contributed by atoms with E-state index in [-0.39, 0.29) is 54.3 Å². The van der Waals surface area contributed by atoms with E-state index in [4.69, 9.17) is 23.2 Å². The number of allylic oxidation sites excluding steroid dienone is 1. The number of halogens is 5. The van der Waals surface area contributed by atoms with Gasteiger partial charge in [0.15, 0.2) is 0 Å². The van der Waals surface area contributed by atoms with Crippen LogP contribution in [-0.4, -0.2) is 48.6 Å². The van der Waals surface area contributed by atoms with E-state index in [2.05, 4.69) is 37.8 Å². The molecule has 4 heterocycles. The molecule has 0 bridgehead atoms. The Morgan fingerprint density at radius 3 is 1.65 bits per heavy atom. The number of benzene rings is 4. The summed E-state index contributed by atoms with van der Waals surface area (Å²) in [6, 6.07) is 17.0. The first-order valence-electron chi connectivity index (χ1n) is 20.3. The van der Waals surface area contributed by atoms with Gasteiger partial charge in [-0.3, -0.25) is 48.0 Å². The van der Waals surface area contributed by atoms with E-state index in [0.29, 0.717) is 67.8 Å². The molecule has 2 unspecified atom stereocenters. The molecule has 5 amide bonds. The molecule has 4 N–H and O–H groups in total. The average Bonchev–Trinajstić information content (AvgIpc) is 3.27. The van der Waals surface area contributed by atoms with E-state index in [0.717, 1.165) is 29.8 Å². The number of amides is 5. The van der Waals surface area contributed by atoms with E-state index in [1.807, 2.05) is 0 Å². The minimum atomic E-state index is -4.49. The highest BCUT2D eigenvalue weighted by molar-refractivity contribution is 6.42. The van der Waals surface area contributed by atoms with Gasteiger partial charge in [-0.2, -0.15) is 13.2 Å². The Morgan fingerprint density at radius 1 is 0.682 bits per heavy atom. The molecule has 66 heavy (non-hydrogen) atoms. The zero-order valence-electron chi connectivity index (χ0n) is 35.1. The normalized spacial score (nSPS) is 16.3. The second-order valence-corrected chi connectivity index (χ2v) is 16.4. The summed E-state index contributed by atoms with van der Waals surface area (Å²) >= 11 is 11.9. The first-order chi connectivity index (χ1) is 31.3. The molecule has 2 aromatic heterocycles. The highest BCUT2D eigenvalue weighted by Crippen LogP contribution is 2.29. The molecule has 2 fully saturated rings. The van der Waals surface area contributed by atoms with Crippen molar-refractivity contribution in [3.63, 3.8) is 0 Å². The van der Waals surface area contributed by atoms with Crippen molar-refractivity contribution in [1.29, 1.82) is 0 Å². The zero-order valence-corrected chi connectivity index (χ0v) is 36.7. The van der Waals surface area contributed by atoms with Gasteiger partial charge in [0.05, 0.1) is 37.4 Å². The molecule has 0 saturated carbocycles. The smallest absolute Gasteiger partial charge is 0.348 e. The van der Waals surface area contributed by atoms with Gasteiger partial charge in [-0.1, -0.05) is 41.9 Å². The van der Waals surface area contributed by atoms with Crippen LogP contribution in [0.3, 0.4) is 0 Å². The lowest BCUT2D eigenvalue weighted by Crippen LogP contribution is -2.45. The Kier molecular flexibility index (Phi) is 13.6. The van der Waals surface area contributed by atoms with Gasteiger partial charge < -0.3 is 16.0 Å². The molecule has 2 atom stereocenters. The maximum Gasteiger partial charge on any atom is 0.416 e. The molecule has 8 rings (SSSR count). The number of rotatable bonds is 8. The number of hydrogen-bond acceptors (Lipinski definition) is 9. The fraction of sp³-hybridized carbons (Fsp3) is 0.239. The van der Waals surface area contributed by atoms with Gasteiger partial charge in [0.1, 0.15) is 23.7 Å². The summed E-state index contributed by atoms with van der Waals surface area (Å²) in [5.74, 6) is -1.32. The van der Waals surface area contributed by atoms with Crippen LogP contribution in [0.2, 0.25) is 10.0 Å². The van der Waals surface area contributed by atoms with E-state index < -0.39 is 47.1 Å². The van der Waals surface area contributed by atoms with Crippen LogP contribution in [0.4, 0.5) is 13.2 Å². The molecule has 20 heteroatoms. The second-order valence-electron chi connectivity index (χ2n) is 15.6. The minimum absolute atomic E-state index is 0.0154. The van der Waals surface area contributed by atoms with E-state index >= 15 is 0 Å². The number of carbonyl (C=O) groups excluding carboxylic acids is 5. The number of nitrogens with zero attached hydrogens (tertiary/aromatic N) is 4. The van der Waals surface area contributed by atoms with Crippen molar-refractivity contribution >= 4 is 74.5 Å². The van der Waals surface area contributed by atoms with Gasteiger partial charge in [-0.25, -0.2) is 9.97 Å². The lowest BCUT2D eigenvalue weighted by atomic mass is 10.0. The van der Waals surface area contributed by atoms with Crippen LogP contribution in [0.5, 0.6) is 0 Å². The molecular formula is C46H39Cl2F3N8O7. The molecule has 15 nitrogen and oxygen atoms in total. The minimum Gasteiger partial charge on any atom is -0.348 e. The largest absolute Gasteiger partial charge is 0.416 e. The number of imide groups is 1. The van der Waals surface area contributed by atoms with Crippen LogP contribution in [0, 0.1) is 13.8 Å². The summed E-state index contributed by atoms with van der Waals surface area (Å²) in [5, 5.41) is 11.6. The summed E-state index contributed by atoms with van der Waals surface area (Å²) in [5.41, 5.74) is 1.71. The van der Waals surface area contributed by atoms with Crippen LogP contribution < -0.4 is 32.4 Å². The summed E-state index contributed by atoms with van der Waals surface area (Å²) < 4.78 is 40.8. The molecule has 0 spiro atoms. The van der Waals surface area contributed by atoms with Gasteiger partial charge in [0.2, 0.25) is 17.7 Å². The van der Waals surface area contributed by atoms with Crippen molar-refractivity contribution in [3.8, 4) is 0 Å². The topological polar surface area (TPSA) is 203 Å². The lowest BCUT2D eigenvalue weighted by molar-refractivity contribution is -0.138. The highest BCUT2D eigenvalue weighted by Gasteiger charge is 2.32. The quantitative estimate of drug-likeness (QED) is 0.122. The van der Waals surface area contributed by atoms with Gasteiger partial charge in [-0.15, -0.1) is 0 Å². The van der Waals surface area contributed by atoms with Crippen molar-refractivity contribution in [2.45, 2.75) is 70.9 Å². The van der Waals surface area contributed by atoms with Crippen molar-refractivity contribution < 1.29 is 37.1 Å². The van der Waals surface area contributed by atoms with E-state index in [9.17, 15) is 46.7 Å². The first kappa shape index (κ1) is 46.8. The number of nitrogens with one attached hydrogen (secondary N) is 4. The third-order valence-electron chi connectivity index (χ3n) is 11.0. The highest BCUT2D eigenvalue weighted by atomic mass is 35.5. The molecule has 2 aliphatic heterocycles. The molecule has 2 saturated heterocycles. The predicted octanol–water partition coefficient (Wildman–Crippen LogP) is 6.54. The third-order valence-corrected chi connectivity index (χ3v) is 11.7. The number of aryl methyl sites for hydroxylation is 2. The Labute approximate surface area is 383 Å². The molecule has 2 aliphatic rings. The first-order valence-corrected chi connectivity index (χ1v) is 21.1. The van der Waals surface area contributed by atoms with Gasteiger partial charge in [-0.05, 0) is 111 Å². The van der Waals surface area contributed by atoms with Crippen LogP contribution in [0.15, 0.2) is 101 Å². The number of carbonyl (C=O) groups is 5. The average molecular weight is 944 g/mol. The maximum atomic E-state index is 13.3. The summed E-state index contributed by atoms with van der Waals surface area (Å²) in [6.45, 7) is 7.31. The number of alkyl halides is 3. The van der Waals surface area contributed by atoms with Crippen LogP contribution in [-0.2, 0) is 33.6 Å². The van der Waals surface area contributed by atoms with Crippen LogP contribution in [0.1, 0.15) is 86.8 Å². The Hall–Kier alpha value is -7.18. The number of aromatic nitrogens is 4. The predicted molar refractivity (Wildman–Crippen MR) is 239 cm³/mol. The fourth-order valence-electron chi connectivity index (χ4n) is 7.62. The second kappa shape index (κ2) is 19.1. The van der Waals surface area contributed by atoms with E-state index in [1.165, 1.54) is 15.2 Å². The van der Waals surface area contributed by atoms with Crippen molar-refractivity contribution in [1.82, 2.24) is 40.4 Å². The molecule has 0 radical (unpaired) electrons. The molecule has 0 aliphatic carbocycles. The van der Waals surface area contributed by atoms with Gasteiger partial charge >= 0.3 is 6.18 Å². The number of hydrogen-bond donors (Lipinski definition) is 4. The fourth-order valence-corrected chi connectivity index (χ4v) is 7.92. The third kappa shape index (κ3) is 10.2. The SMILES string of the molecule is C=C1CCC(n2c(C)nc3ccc(CNC(=O)c4ccc(Cl)c(Cl)c4)cc3c2=O)C(=O)N1.Cc1nc2ccc(CNC(=O)c3ccc(C(F)(F)F)cc3)cc2c(=O)n1C1CCC(=O)NC1=O. The number of fused-ring (bicyclic) bond motifs is 2. The van der Waals surface area contributed by atoms with Crippen molar-refractivity contribution in [2.75, 3.05) is 0 Å². The monoisotopic (exact) mass is 942 g/mol. The van der Waals surface area contributed by atoms with Gasteiger partial charge in [0.25, 0.3) is 22.9 Å². The Bertz CT molecular complexity index is 3120. The molecule has 340 valence electrons.